The zero-order valence-electron chi connectivity index (χ0n) is 14.5. The van der Waals surface area contributed by atoms with Crippen molar-refractivity contribution in [2.75, 3.05) is 50.6 Å². The zero-order chi connectivity index (χ0) is 18.3. The Bertz CT molecular complexity index is 692. The average Bonchev–Trinajstić information content (AvgIpc) is 2.57. The van der Waals surface area contributed by atoms with Crippen molar-refractivity contribution < 1.29 is 27.4 Å². The topological polar surface area (TPSA) is 94.2 Å². The number of amides is 1. The first-order valence-electron chi connectivity index (χ1n) is 8.05. The highest BCUT2D eigenvalue weighted by molar-refractivity contribution is 7.92. The summed E-state index contributed by atoms with van der Waals surface area (Å²) < 4.78 is 41.3. The van der Waals surface area contributed by atoms with Crippen molar-refractivity contribution >= 4 is 21.6 Å². The molecule has 1 aromatic carbocycles. The van der Waals surface area contributed by atoms with E-state index in [1.807, 2.05) is 0 Å². The van der Waals surface area contributed by atoms with E-state index in [2.05, 4.69) is 5.32 Å². The maximum absolute atomic E-state index is 12.1. The summed E-state index contributed by atoms with van der Waals surface area (Å²) in [6, 6.07) is 4.93. The molecule has 9 heteroatoms. The fourth-order valence-corrected chi connectivity index (χ4v) is 3.33. The largest absolute Gasteiger partial charge is 0.486 e. The molecule has 0 atom stereocenters. The number of fused-ring (bicyclic) bond motifs is 1. The number of methoxy groups -OCH3 is 1. The lowest BCUT2D eigenvalue weighted by Crippen LogP contribution is -2.35. The molecule has 0 aromatic heterocycles. The van der Waals surface area contributed by atoms with Gasteiger partial charge in [-0.15, -0.1) is 0 Å². The van der Waals surface area contributed by atoms with Gasteiger partial charge < -0.3 is 19.5 Å². The summed E-state index contributed by atoms with van der Waals surface area (Å²) in [6.07, 6.45) is 1.88. The molecular weight excluding hydrogens is 348 g/mol. The van der Waals surface area contributed by atoms with Gasteiger partial charge in [0.25, 0.3) is 0 Å². The molecule has 0 fully saturated rings. The van der Waals surface area contributed by atoms with E-state index >= 15 is 0 Å². The monoisotopic (exact) mass is 372 g/mol. The van der Waals surface area contributed by atoms with Gasteiger partial charge >= 0.3 is 0 Å². The van der Waals surface area contributed by atoms with Gasteiger partial charge in [0.1, 0.15) is 13.2 Å². The van der Waals surface area contributed by atoms with E-state index in [4.69, 9.17) is 14.2 Å². The Balaban J connectivity index is 2.01. The van der Waals surface area contributed by atoms with E-state index in [9.17, 15) is 13.2 Å². The number of anilines is 1. The SMILES string of the molecule is COCCCNC(=O)CCN(c1ccc2c(c1)OCCO2)S(C)(=O)=O. The molecular formula is C16H24N2O6S. The lowest BCUT2D eigenvalue weighted by atomic mass is 10.2. The minimum Gasteiger partial charge on any atom is -0.486 e. The van der Waals surface area contributed by atoms with E-state index in [0.29, 0.717) is 50.0 Å². The highest BCUT2D eigenvalue weighted by Gasteiger charge is 2.21. The van der Waals surface area contributed by atoms with Gasteiger partial charge in [-0.3, -0.25) is 9.10 Å². The van der Waals surface area contributed by atoms with Gasteiger partial charge in [-0.05, 0) is 18.6 Å². The molecule has 1 N–H and O–H groups in total. The average molecular weight is 372 g/mol. The van der Waals surface area contributed by atoms with Crippen molar-refractivity contribution in [2.24, 2.45) is 0 Å². The quantitative estimate of drug-likeness (QED) is 0.644. The standard InChI is InChI=1S/C16H24N2O6S/c1-22-9-3-7-17-16(19)6-8-18(25(2,20)21)13-4-5-14-15(12-13)24-11-10-23-14/h4-5,12H,3,6-11H2,1-2H3,(H,17,19). The molecule has 2 rings (SSSR count). The Kier molecular flexibility index (Phi) is 6.89. The van der Waals surface area contributed by atoms with Gasteiger partial charge in [-0.2, -0.15) is 0 Å². The summed E-state index contributed by atoms with van der Waals surface area (Å²) in [5.74, 6) is 0.878. The number of ether oxygens (including phenoxy) is 3. The normalized spacial score (nSPS) is 13.4. The van der Waals surface area contributed by atoms with E-state index in [1.165, 1.54) is 4.31 Å². The number of hydrogen-bond acceptors (Lipinski definition) is 6. The molecule has 0 unspecified atom stereocenters. The Hall–Kier alpha value is -2.00. The van der Waals surface area contributed by atoms with Gasteiger partial charge in [0.05, 0.1) is 11.9 Å². The van der Waals surface area contributed by atoms with Gasteiger partial charge in [0.15, 0.2) is 11.5 Å². The van der Waals surface area contributed by atoms with Crippen molar-refractivity contribution in [3.8, 4) is 11.5 Å². The lowest BCUT2D eigenvalue weighted by Gasteiger charge is -2.25. The van der Waals surface area contributed by atoms with Crippen LogP contribution in [0.1, 0.15) is 12.8 Å². The third kappa shape index (κ3) is 5.79. The zero-order valence-corrected chi connectivity index (χ0v) is 15.3. The van der Waals surface area contributed by atoms with Gasteiger partial charge in [-0.1, -0.05) is 0 Å². The first kappa shape index (κ1) is 19.3. The third-order valence-electron chi connectivity index (χ3n) is 3.60. The summed E-state index contributed by atoms with van der Waals surface area (Å²) in [6.45, 7) is 1.99. The van der Waals surface area contributed by atoms with E-state index in [1.54, 1.807) is 25.3 Å². The Morgan fingerprint density at radius 2 is 2.00 bits per heavy atom. The number of rotatable bonds is 9. The fourth-order valence-electron chi connectivity index (χ4n) is 2.41. The van der Waals surface area contributed by atoms with E-state index < -0.39 is 10.0 Å². The van der Waals surface area contributed by atoms with Crippen LogP contribution in [0.15, 0.2) is 18.2 Å². The molecule has 0 aliphatic carbocycles. The molecule has 140 valence electrons. The van der Waals surface area contributed by atoms with E-state index in [0.717, 1.165) is 6.26 Å². The summed E-state index contributed by atoms with van der Waals surface area (Å²) in [7, 11) is -1.94. The van der Waals surface area contributed by atoms with Crippen LogP contribution in [0.2, 0.25) is 0 Å². The van der Waals surface area contributed by atoms with E-state index in [-0.39, 0.29) is 18.9 Å². The Labute approximate surface area is 148 Å². The third-order valence-corrected chi connectivity index (χ3v) is 4.80. The number of nitrogens with zero attached hydrogens (tertiary/aromatic N) is 1. The molecule has 0 bridgehead atoms. The first-order chi connectivity index (χ1) is 11.9. The number of sulfonamides is 1. The highest BCUT2D eigenvalue weighted by atomic mass is 32.2. The molecule has 0 saturated carbocycles. The Morgan fingerprint density at radius 1 is 1.28 bits per heavy atom. The van der Waals surface area contributed by atoms with Crippen molar-refractivity contribution in [1.29, 1.82) is 0 Å². The predicted octanol–water partition coefficient (Wildman–Crippen LogP) is 0.767. The molecule has 1 heterocycles. The number of carbonyl (C=O) groups is 1. The van der Waals surface area contributed by atoms with Crippen molar-refractivity contribution in [2.45, 2.75) is 12.8 Å². The van der Waals surface area contributed by atoms with Crippen LogP contribution in [0.5, 0.6) is 11.5 Å². The molecule has 0 saturated heterocycles. The molecule has 1 aliphatic heterocycles. The van der Waals surface area contributed by atoms with Crippen LogP contribution in [-0.4, -0.2) is 60.6 Å². The van der Waals surface area contributed by atoms with Gasteiger partial charge in [0, 0.05) is 39.3 Å². The smallest absolute Gasteiger partial charge is 0.232 e. The van der Waals surface area contributed by atoms with Gasteiger partial charge in [0.2, 0.25) is 15.9 Å². The molecule has 25 heavy (non-hydrogen) atoms. The summed E-state index contributed by atoms with van der Waals surface area (Å²) in [5, 5.41) is 2.74. The molecule has 1 aromatic rings. The van der Waals surface area contributed by atoms with Crippen LogP contribution in [0.3, 0.4) is 0 Å². The predicted molar refractivity (Wildman–Crippen MR) is 93.7 cm³/mol. The van der Waals surface area contributed by atoms with Gasteiger partial charge in [-0.25, -0.2) is 8.42 Å². The number of hydrogen-bond donors (Lipinski definition) is 1. The summed E-state index contributed by atoms with van der Waals surface area (Å²) >= 11 is 0. The number of carbonyl (C=O) groups excluding carboxylic acids is 1. The second-order valence-corrected chi connectivity index (χ2v) is 7.52. The first-order valence-corrected chi connectivity index (χ1v) is 9.89. The second kappa shape index (κ2) is 8.91. The second-order valence-electron chi connectivity index (χ2n) is 5.61. The number of benzene rings is 1. The minimum atomic E-state index is -3.53. The summed E-state index contributed by atoms with van der Waals surface area (Å²) in [4.78, 5) is 11.9. The molecule has 0 spiro atoms. The lowest BCUT2D eigenvalue weighted by molar-refractivity contribution is -0.120. The summed E-state index contributed by atoms with van der Waals surface area (Å²) in [5.41, 5.74) is 0.443. The van der Waals surface area contributed by atoms with Crippen LogP contribution in [0.25, 0.3) is 0 Å². The highest BCUT2D eigenvalue weighted by Crippen LogP contribution is 2.34. The van der Waals surface area contributed by atoms with Crippen LogP contribution in [0, 0.1) is 0 Å². The van der Waals surface area contributed by atoms with Crippen LogP contribution >= 0.6 is 0 Å². The molecule has 0 radical (unpaired) electrons. The fraction of sp³-hybridized carbons (Fsp3) is 0.562. The van der Waals surface area contributed by atoms with Crippen molar-refractivity contribution in [3.63, 3.8) is 0 Å². The Morgan fingerprint density at radius 3 is 2.68 bits per heavy atom. The molecule has 1 amide bonds. The van der Waals surface area contributed by atoms with Crippen LogP contribution in [0.4, 0.5) is 5.69 Å². The maximum Gasteiger partial charge on any atom is 0.232 e. The van der Waals surface area contributed by atoms with Crippen molar-refractivity contribution in [1.82, 2.24) is 5.32 Å². The molecule has 1 aliphatic rings. The minimum absolute atomic E-state index is 0.0502. The molecule has 8 nitrogen and oxygen atoms in total. The van der Waals surface area contributed by atoms with Crippen LogP contribution in [-0.2, 0) is 19.6 Å². The van der Waals surface area contributed by atoms with Crippen LogP contribution < -0.4 is 19.1 Å². The number of nitrogens with one attached hydrogen (secondary N) is 1. The van der Waals surface area contributed by atoms with Crippen molar-refractivity contribution in [3.05, 3.63) is 18.2 Å². The maximum atomic E-state index is 12.1.